The first-order chi connectivity index (χ1) is 11.2. The Morgan fingerprint density at radius 2 is 2.13 bits per heavy atom. The number of thiophene rings is 1. The fraction of sp³-hybridized carbons (Fsp3) is 0.294. The molecule has 1 aliphatic rings. The number of aromatic nitrogens is 2. The van der Waals surface area contributed by atoms with Crippen LogP contribution in [0.15, 0.2) is 41.8 Å². The molecule has 0 bridgehead atoms. The van der Waals surface area contributed by atoms with E-state index in [0.717, 1.165) is 28.6 Å². The maximum Gasteiger partial charge on any atom is 0.272 e. The standard InChI is InChI=1S/C17H17N3O2S/c21-11-8-10(9-11)15(14-6-3-7-23-14)18-17(22)16-12-4-1-2-5-13(12)19-20-16/h1-7,10-11,15,21H,8-9H2,(H,18,22)(H,19,20). The van der Waals surface area contributed by atoms with E-state index in [-0.39, 0.29) is 24.0 Å². The summed E-state index contributed by atoms with van der Waals surface area (Å²) in [6, 6.07) is 11.5. The third kappa shape index (κ3) is 2.64. The van der Waals surface area contributed by atoms with Gasteiger partial charge in [0.15, 0.2) is 5.69 Å². The van der Waals surface area contributed by atoms with Crippen molar-refractivity contribution in [3.63, 3.8) is 0 Å². The van der Waals surface area contributed by atoms with Gasteiger partial charge in [-0.2, -0.15) is 5.10 Å². The lowest BCUT2D eigenvalue weighted by molar-refractivity contribution is 0.0241. The highest BCUT2D eigenvalue weighted by Crippen LogP contribution is 2.39. The third-order valence-electron chi connectivity index (χ3n) is 4.44. The molecule has 118 valence electrons. The molecule has 1 saturated carbocycles. The summed E-state index contributed by atoms with van der Waals surface area (Å²) in [7, 11) is 0. The van der Waals surface area contributed by atoms with Crippen LogP contribution in [0.25, 0.3) is 10.9 Å². The van der Waals surface area contributed by atoms with Crippen LogP contribution in [0.5, 0.6) is 0 Å². The van der Waals surface area contributed by atoms with Gasteiger partial charge in [0.25, 0.3) is 5.91 Å². The molecule has 3 N–H and O–H groups in total. The Hall–Kier alpha value is -2.18. The topological polar surface area (TPSA) is 78.0 Å². The Labute approximate surface area is 137 Å². The molecule has 1 atom stereocenters. The summed E-state index contributed by atoms with van der Waals surface area (Å²) in [5, 5.41) is 22.6. The second kappa shape index (κ2) is 5.79. The number of benzene rings is 1. The van der Waals surface area contributed by atoms with Gasteiger partial charge in [-0.15, -0.1) is 11.3 Å². The van der Waals surface area contributed by atoms with Gasteiger partial charge in [-0.25, -0.2) is 0 Å². The molecular weight excluding hydrogens is 310 g/mol. The molecule has 0 aliphatic heterocycles. The van der Waals surface area contributed by atoms with E-state index in [0.29, 0.717) is 5.69 Å². The van der Waals surface area contributed by atoms with Gasteiger partial charge in [0, 0.05) is 10.3 Å². The second-order valence-electron chi connectivity index (χ2n) is 5.97. The lowest BCUT2D eigenvalue weighted by atomic mass is 9.76. The highest BCUT2D eigenvalue weighted by Gasteiger charge is 2.36. The van der Waals surface area contributed by atoms with Crippen molar-refractivity contribution >= 4 is 28.1 Å². The predicted molar refractivity (Wildman–Crippen MR) is 89.4 cm³/mol. The fourth-order valence-electron chi connectivity index (χ4n) is 3.14. The largest absolute Gasteiger partial charge is 0.393 e. The van der Waals surface area contributed by atoms with E-state index in [9.17, 15) is 9.90 Å². The molecule has 1 aliphatic carbocycles. The summed E-state index contributed by atoms with van der Waals surface area (Å²) >= 11 is 1.63. The quantitative estimate of drug-likeness (QED) is 0.689. The third-order valence-corrected chi connectivity index (χ3v) is 5.40. The molecule has 1 fully saturated rings. The number of fused-ring (bicyclic) bond motifs is 1. The molecule has 1 aromatic carbocycles. The molecule has 6 heteroatoms. The van der Waals surface area contributed by atoms with Gasteiger partial charge in [-0.1, -0.05) is 24.3 Å². The number of hydrogen-bond donors (Lipinski definition) is 3. The van der Waals surface area contributed by atoms with E-state index in [1.54, 1.807) is 11.3 Å². The summed E-state index contributed by atoms with van der Waals surface area (Å²) < 4.78 is 0. The molecule has 2 aromatic heterocycles. The molecule has 0 radical (unpaired) electrons. The van der Waals surface area contributed by atoms with Crippen molar-refractivity contribution in [1.29, 1.82) is 0 Å². The Morgan fingerprint density at radius 3 is 2.87 bits per heavy atom. The normalized spacial score (nSPS) is 21.8. The zero-order valence-corrected chi connectivity index (χ0v) is 13.2. The minimum Gasteiger partial charge on any atom is -0.393 e. The molecule has 23 heavy (non-hydrogen) atoms. The number of H-pyrrole nitrogens is 1. The van der Waals surface area contributed by atoms with Gasteiger partial charge in [-0.05, 0) is 36.3 Å². The van der Waals surface area contributed by atoms with Crippen molar-refractivity contribution in [3.8, 4) is 0 Å². The lowest BCUT2D eigenvalue weighted by Crippen LogP contribution is -2.41. The van der Waals surface area contributed by atoms with Gasteiger partial charge < -0.3 is 10.4 Å². The molecule has 5 nitrogen and oxygen atoms in total. The molecule has 4 rings (SSSR count). The molecule has 2 heterocycles. The van der Waals surface area contributed by atoms with E-state index in [1.807, 2.05) is 41.8 Å². The van der Waals surface area contributed by atoms with Crippen molar-refractivity contribution in [2.45, 2.75) is 25.0 Å². The predicted octanol–water partition coefficient (Wildman–Crippen LogP) is 2.87. The highest BCUT2D eigenvalue weighted by atomic mass is 32.1. The average molecular weight is 327 g/mol. The summed E-state index contributed by atoms with van der Waals surface area (Å²) in [6.07, 6.45) is 1.21. The number of carbonyl (C=O) groups is 1. The van der Waals surface area contributed by atoms with Crippen LogP contribution in [0, 0.1) is 5.92 Å². The summed E-state index contributed by atoms with van der Waals surface area (Å²) in [5.41, 5.74) is 1.27. The first-order valence-corrected chi connectivity index (χ1v) is 8.56. The maximum atomic E-state index is 12.7. The molecule has 1 unspecified atom stereocenters. The summed E-state index contributed by atoms with van der Waals surface area (Å²) in [4.78, 5) is 13.8. The summed E-state index contributed by atoms with van der Waals surface area (Å²) in [6.45, 7) is 0. The molecular formula is C17H17N3O2S. The Bertz CT molecular complexity index is 821. The first-order valence-electron chi connectivity index (χ1n) is 7.68. The number of rotatable bonds is 4. The number of para-hydroxylation sites is 1. The average Bonchev–Trinajstić information content (AvgIpc) is 3.18. The fourth-order valence-corrected chi connectivity index (χ4v) is 4.01. The van der Waals surface area contributed by atoms with Gasteiger partial charge in [-0.3, -0.25) is 9.89 Å². The van der Waals surface area contributed by atoms with E-state index >= 15 is 0 Å². The van der Waals surface area contributed by atoms with E-state index in [4.69, 9.17) is 0 Å². The number of hydrogen-bond acceptors (Lipinski definition) is 4. The Balaban J connectivity index is 1.60. The van der Waals surface area contributed by atoms with Gasteiger partial charge in [0.2, 0.25) is 0 Å². The van der Waals surface area contributed by atoms with Crippen LogP contribution in [0.3, 0.4) is 0 Å². The number of aromatic amines is 1. The van der Waals surface area contributed by atoms with Crippen LogP contribution in [0.2, 0.25) is 0 Å². The minimum atomic E-state index is -0.245. The molecule has 0 spiro atoms. The van der Waals surface area contributed by atoms with Crippen LogP contribution in [0.4, 0.5) is 0 Å². The lowest BCUT2D eigenvalue weighted by Gasteiger charge is -2.37. The van der Waals surface area contributed by atoms with Crippen molar-refractivity contribution < 1.29 is 9.90 Å². The summed E-state index contributed by atoms with van der Waals surface area (Å²) in [5.74, 6) is 0.0973. The number of aliphatic hydroxyl groups is 1. The van der Waals surface area contributed by atoms with Crippen molar-refractivity contribution in [2.75, 3.05) is 0 Å². The maximum absolute atomic E-state index is 12.7. The number of amides is 1. The second-order valence-corrected chi connectivity index (χ2v) is 6.95. The Morgan fingerprint density at radius 1 is 1.30 bits per heavy atom. The van der Waals surface area contributed by atoms with E-state index in [1.165, 1.54) is 0 Å². The van der Waals surface area contributed by atoms with Crippen molar-refractivity contribution in [1.82, 2.24) is 15.5 Å². The smallest absolute Gasteiger partial charge is 0.272 e. The Kier molecular flexibility index (Phi) is 3.63. The minimum absolute atomic E-state index is 0.0682. The van der Waals surface area contributed by atoms with Gasteiger partial charge in [0.1, 0.15) is 0 Å². The number of aliphatic hydroxyl groups excluding tert-OH is 1. The van der Waals surface area contributed by atoms with Crippen LogP contribution in [-0.4, -0.2) is 27.3 Å². The van der Waals surface area contributed by atoms with Gasteiger partial charge >= 0.3 is 0 Å². The monoisotopic (exact) mass is 327 g/mol. The first kappa shape index (κ1) is 14.4. The molecule has 1 amide bonds. The zero-order valence-electron chi connectivity index (χ0n) is 12.4. The molecule has 0 saturated heterocycles. The van der Waals surface area contributed by atoms with Crippen LogP contribution >= 0.6 is 11.3 Å². The van der Waals surface area contributed by atoms with Crippen molar-refractivity contribution in [2.24, 2.45) is 5.92 Å². The molecule has 3 aromatic rings. The van der Waals surface area contributed by atoms with Crippen LogP contribution in [0.1, 0.15) is 34.2 Å². The number of carbonyl (C=O) groups excluding carboxylic acids is 1. The van der Waals surface area contributed by atoms with Crippen LogP contribution in [-0.2, 0) is 0 Å². The highest BCUT2D eigenvalue weighted by molar-refractivity contribution is 7.10. The van der Waals surface area contributed by atoms with Crippen molar-refractivity contribution in [3.05, 3.63) is 52.3 Å². The SMILES string of the molecule is O=C(NC(c1cccs1)C1CC(O)C1)c1n[nH]c2ccccc12. The van der Waals surface area contributed by atoms with Crippen LogP contribution < -0.4 is 5.32 Å². The number of nitrogens with one attached hydrogen (secondary N) is 2. The number of nitrogens with zero attached hydrogens (tertiary/aromatic N) is 1. The van der Waals surface area contributed by atoms with E-state index in [2.05, 4.69) is 15.5 Å². The van der Waals surface area contributed by atoms with E-state index < -0.39 is 0 Å². The zero-order chi connectivity index (χ0) is 15.8. The van der Waals surface area contributed by atoms with Gasteiger partial charge in [0.05, 0.1) is 17.7 Å².